The predicted octanol–water partition coefficient (Wildman–Crippen LogP) is 6.17. The minimum atomic E-state index is -1.26. The quantitative estimate of drug-likeness (QED) is 0.0192. The van der Waals surface area contributed by atoms with Gasteiger partial charge in [-0.05, 0) is 104 Å². The minimum absolute atomic E-state index is 0.0327. The van der Waals surface area contributed by atoms with Crippen LogP contribution < -0.4 is 38.0 Å². The summed E-state index contributed by atoms with van der Waals surface area (Å²) in [6.45, 7) is 3.87. The number of nitrogens with one attached hydrogen (secondary N) is 5. The van der Waals surface area contributed by atoms with Gasteiger partial charge in [-0.15, -0.1) is 0 Å². The van der Waals surface area contributed by atoms with Crippen LogP contribution >= 0.6 is 12.2 Å². The lowest BCUT2D eigenvalue weighted by Gasteiger charge is -2.16. The fraction of sp³-hybridized carbons (Fsp3) is 0.294. The van der Waals surface area contributed by atoms with Gasteiger partial charge >= 0.3 is 5.97 Å². The summed E-state index contributed by atoms with van der Waals surface area (Å²) in [4.78, 5) is 88.6. The molecule has 0 fully saturated rings. The largest absolute Gasteiger partial charge is 0.480 e. The highest BCUT2D eigenvalue weighted by Gasteiger charge is 2.22. The average Bonchev–Trinajstić information content (AvgIpc) is 3.35. The van der Waals surface area contributed by atoms with Crippen molar-refractivity contribution in [3.8, 4) is 22.5 Å². The Morgan fingerprint density at radius 3 is 2.34 bits per heavy atom. The van der Waals surface area contributed by atoms with E-state index in [1.807, 2.05) is 49.4 Å². The number of carboxylic acid groups (broad SMARTS) is 1. The van der Waals surface area contributed by atoms with Gasteiger partial charge in [0.05, 0.1) is 38.3 Å². The molecular formula is C51H53N9O10S. The zero-order chi connectivity index (χ0) is 50.3. The third-order valence-corrected chi connectivity index (χ3v) is 11.5. The van der Waals surface area contributed by atoms with Gasteiger partial charge in [0, 0.05) is 78.4 Å². The van der Waals surface area contributed by atoms with Crippen molar-refractivity contribution in [2.45, 2.75) is 64.5 Å². The highest BCUT2D eigenvalue weighted by molar-refractivity contribution is 7.80. The molecule has 368 valence electrons. The Hall–Kier alpha value is -7.94. The molecular weight excluding hydrogens is 931 g/mol. The van der Waals surface area contributed by atoms with Crippen LogP contribution in [0.25, 0.3) is 44.6 Å². The zero-order valence-corrected chi connectivity index (χ0v) is 39.7. The lowest BCUT2D eigenvalue weighted by Crippen LogP contribution is -2.41. The van der Waals surface area contributed by atoms with Crippen molar-refractivity contribution < 1.29 is 38.2 Å². The van der Waals surface area contributed by atoms with Crippen LogP contribution in [0.5, 0.6) is 0 Å². The zero-order valence-electron chi connectivity index (χ0n) is 38.9. The van der Waals surface area contributed by atoms with Crippen LogP contribution in [-0.4, -0.2) is 92.6 Å². The predicted molar refractivity (Wildman–Crippen MR) is 272 cm³/mol. The van der Waals surface area contributed by atoms with Crippen LogP contribution in [0.2, 0.25) is 0 Å². The second-order valence-electron chi connectivity index (χ2n) is 16.7. The molecule has 2 aromatic heterocycles. The molecule has 0 spiro atoms. The molecule has 1 aliphatic heterocycles. The molecule has 2 aliphatic rings. The van der Waals surface area contributed by atoms with Crippen LogP contribution in [0.15, 0.2) is 105 Å². The van der Waals surface area contributed by atoms with Crippen molar-refractivity contribution in [2.75, 3.05) is 49.3 Å². The molecule has 19 nitrogen and oxygen atoms in total. The normalized spacial score (nSPS) is 11.6. The van der Waals surface area contributed by atoms with Crippen LogP contribution in [-0.2, 0) is 30.4 Å². The Labute approximate surface area is 412 Å². The van der Waals surface area contributed by atoms with Gasteiger partial charge in [0.1, 0.15) is 29.0 Å². The van der Waals surface area contributed by atoms with E-state index in [1.54, 1.807) is 18.2 Å². The molecule has 0 radical (unpaired) electrons. The van der Waals surface area contributed by atoms with Crippen LogP contribution in [0.3, 0.4) is 0 Å². The van der Waals surface area contributed by atoms with Gasteiger partial charge in [-0.2, -0.15) is 4.98 Å². The first kappa shape index (κ1) is 50.9. The SMILES string of the molecule is Cc1ccc2c(-c3ccc(NC(=S)NCCCC(=O)CCOCCOCCCC(=O)CC[C@H](NC(=O)c4ccc(NCc5cnc6nc(N)[nH]c(=O)c6n5)cc4)C(=O)O)cc3)c3ccc(=O)cc-3oc2c1. The number of rotatable bonds is 25. The number of nitrogen functional groups attached to an aromatic ring is 1. The van der Waals surface area contributed by atoms with E-state index in [1.165, 1.54) is 30.5 Å². The molecule has 7 rings (SSSR count). The molecule has 1 atom stereocenters. The summed E-state index contributed by atoms with van der Waals surface area (Å²) in [7, 11) is 0. The number of aliphatic carboxylic acids is 1. The topological polar surface area (TPSA) is 283 Å². The molecule has 20 heteroatoms. The van der Waals surface area contributed by atoms with Gasteiger partial charge in [0.2, 0.25) is 5.95 Å². The number of amides is 1. The second-order valence-corrected chi connectivity index (χ2v) is 17.1. The second kappa shape index (κ2) is 24.6. The molecule has 3 heterocycles. The maximum Gasteiger partial charge on any atom is 0.326 e. The van der Waals surface area contributed by atoms with Crippen molar-refractivity contribution >= 4 is 80.2 Å². The molecule has 0 saturated heterocycles. The molecule has 3 aromatic carbocycles. The molecule has 0 unspecified atom stereocenters. The van der Waals surface area contributed by atoms with E-state index < -0.39 is 23.5 Å². The number of nitrogens with two attached hydrogens (primary N) is 1. The summed E-state index contributed by atoms with van der Waals surface area (Å²) in [6, 6.07) is 23.8. The number of hydrogen-bond acceptors (Lipinski definition) is 15. The molecule has 8 N–H and O–H groups in total. The molecule has 71 heavy (non-hydrogen) atoms. The highest BCUT2D eigenvalue weighted by atomic mass is 32.1. The number of ether oxygens (including phenoxy) is 2. The number of benzene rings is 4. The number of ketones is 2. The number of carbonyl (C=O) groups is 4. The lowest BCUT2D eigenvalue weighted by molar-refractivity contribution is -0.139. The fourth-order valence-electron chi connectivity index (χ4n) is 7.59. The minimum Gasteiger partial charge on any atom is -0.480 e. The standard InChI is InChI=1S/C51H53N9O10S/c1-30-6-17-39-42(26-30)70-43-27-38(63)15-18-40(43)44(39)31-7-13-34(14-8-31)57-51(71)53-21-2-4-37(62)20-23-69-25-24-68-22-3-5-36(61)16-19-41(49(66)67)58-47(64)32-9-11-33(12-10-32)54-28-35-29-55-46-45(56-35)48(65)60-50(52)59-46/h6-15,17-18,26-27,29,41,54H,2-5,16,19-25,28H2,1H3,(H,58,64)(H,66,67)(H2,53,57,71)(H3,52,55,59,60,65)/t41-/m0/s1. The summed E-state index contributed by atoms with van der Waals surface area (Å²) >= 11 is 5.48. The number of aromatic amines is 1. The van der Waals surface area contributed by atoms with E-state index in [0.717, 1.165) is 33.3 Å². The van der Waals surface area contributed by atoms with Crippen molar-refractivity contribution in [1.82, 2.24) is 30.6 Å². The van der Waals surface area contributed by atoms with E-state index in [9.17, 15) is 33.9 Å². The first-order valence-electron chi connectivity index (χ1n) is 23.0. The number of thiocarbonyl (C=S) groups is 1. The van der Waals surface area contributed by atoms with Crippen molar-refractivity contribution in [1.29, 1.82) is 0 Å². The molecule has 0 bridgehead atoms. The number of aryl methyl sites for hydroxylation is 1. The average molecular weight is 984 g/mol. The van der Waals surface area contributed by atoms with Crippen molar-refractivity contribution in [3.63, 3.8) is 0 Å². The molecule has 5 aromatic rings. The highest BCUT2D eigenvalue weighted by Crippen LogP contribution is 2.40. The van der Waals surface area contributed by atoms with Crippen LogP contribution in [0.4, 0.5) is 17.3 Å². The summed E-state index contributed by atoms with van der Waals surface area (Å²) < 4.78 is 17.2. The Balaban J connectivity index is 0.703. The monoisotopic (exact) mass is 983 g/mol. The van der Waals surface area contributed by atoms with E-state index >= 15 is 0 Å². The fourth-order valence-corrected chi connectivity index (χ4v) is 7.81. The molecule has 1 amide bonds. The van der Waals surface area contributed by atoms with Crippen LogP contribution in [0.1, 0.15) is 66.6 Å². The number of fused-ring (bicyclic) bond motifs is 3. The van der Waals surface area contributed by atoms with Crippen molar-refractivity contribution in [2.24, 2.45) is 0 Å². The Kier molecular flexibility index (Phi) is 17.6. The van der Waals surface area contributed by atoms with Gasteiger partial charge in [0.25, 0.3) is 11.5 Å². The number of nitrogens with zero attached hydrogens (tertiary/aromatic N) is 3. The number of carbonyl (C=O) groups excluding carboxylic acids is 3. The van der Waals surface area contributed by atoms with Gasteiger partial charge in [0.15, 0.2) is 21.7 Å². The van der Waals surface area contributed by atoms with E-state index in [-0.39, 0.29) is 85.1 Å². The number of aromatic nitrogens is 4. The summed E-state index contributed by atoms with van der Waals surface area (Å²) in [5.74, 6) is -1.47. The first-order valence-corrected chi connectivity index (χ1v) is 23.4. The number of H-pyrrole nitrogens is 1. The smallest absolute Gasteiger partial charge is 0.326 e. The summed E-state index contributed by atoms with van der Waals surface area (Å²) in [6.07, 6.45) is 3.22. The third-order valence-electron chi connectivity index (χ3n) is 11.3. The maximum atomic E-state index is 12.9. The Morgan fingerprint density at radius 2 is 1.56 bits per heavy atom. The summed E-state index contributed by atoms with van der Waals surface area (Å²) in [5.41, 5.74) is 11.8. The molecule has 1 aliphatic carbocycles. The number of hydrogen-bond donors (Lipinski definition) is 7. The number of carboxylic acids is 1. The van der Waals surface area contributed by atoms with Crippen LogP contribution in [0, 0.1) is 6.92 Å². The Morgan fingerprint density at radius 1 is 0.831 bits per heavy atom. The lowest BCUT2D eigenvalue weighted by atomic mass is 9.93. The van der Waals surface area contributed by atoms with E-state index in [0.29, 0.717) is 66.9 Å². The molecule has 0 saturated carbocycles. The Bertz CT molecular complexity index is 3130. The summed E-state index contributed by atoms with van der Waals surface area (Å²) in [5, 5.41) is 23.0. The van der Waals surface area contributed by atoms with Gasteiger partial charge < -0.3 is 46.0 Å². The third kappa shape index (κ3) is 14.5. The van der Waals surface area contributed by atoms with Crippen molar-refractivity contribution in [3.05, 3.63) is 129 Å². The number of Topliss-reactive ketones (excluding diaryl/α,β-unsaturated/α-hetero) is 2. The van der Waals surface area contributed by atoms with Gasteiger partial charge in [-0.1, -0.05) is 24.3 Å². The number of anilines is 3. The van der Waals surface area contributed by atoms with E-state index in [4.69, 9.17) is 31.8 Å². The maximum absolute atomic E-state index is 12.9. The first-order chi connectivity index (χ1) is 34.3. The van der Waals surface area contributed by atoms with E-state index in [2.05, 4.69) is 41.2 Å². The van der Waals surface area contributed by atoms with Gasteiger partial charge in [-0.25, -0.2) is 14.8 Å². The van der Waals surface area contributed by atoms with Gasteiger partial charge in [-0.3, -0.25) is 29.0 Å².